The Morgan fingerprint density at radius 1 is 1.21 bits per heavy atom. The summed E-state index contributed by atoms with van der Waals surface area (Å²) in [5.41, 5.74) is 0.628. The number of nitrogens with zero attached hydrogens (tertiary/aromatic N) is 4. The lowest BCUT2D eigenvalue weighted by molar-refractivity contribution is 0.344. The molecule has 0 saturated heterocycles. The molecule has 6 nitrogen and oxygen atoms in total. The van der Waals surface area contributed by atoms with E-state index >= 15 is 0 Å². The van der Waals surface area contributed by atoms with Gasteiger partial charge in [-0.15, -0.1) is 10.2 Å². The monoisotopic (exact) mass is 343 g/mol. The Balaban J connectivity index is 1.48. The highest BCUT2D eigenvalue weighted by atomic mass is 32.2. The first kappa shape index (κ1) is 16.7. The van der Waals surface area contributed by atoms with Crippen LogP contribution in [0.15, 0.2) is 29.4 Å². The first-order valence-corrected chi connectivity index (χ1v) is 9.22. The third kappa shape index (κ3) is 4.01. The van der Waals surface area contributed by atoms with Crippen molar-refractivity contribution >= 4 is 11.8 Å². The van der Waals surface area contributed by atoms with Crippen molar-refractivity contribution in [2.24, 2.45) is 0 Å². The Labute approximate surface area is 146 Å². The molecule has 1 aliphatic rings. The lowest BCUT2D eigenvalue weighted by Crippen LogP contribution is -2.18. The number of rotatable bonds is 6. The average molecular weight is 343 g/mol. The number of nitrogens with two attached hydrogens (primary N) is 1. The van der Waals surface area contributed by atoms with Gasteiger partial charge < -0.3 is 10.6 Å². The fourth-order valence-electron chi connectivity index (χ4n) is 2.94. The highest BCUT2D eigenvalue weighted by Gasteiger charge is 2.22. The zero-order valence-corrected chi connectivity index (χ0v) is 14.3. The van der Waals surface area contributed by atoms with Gasteiger partial charge in [0.05, 0.1) is 18.2 Å². The number of benzene rings is 1. The highest BCUT2D eigenvalue weighted by Crippen LogP contribution is 2.32. The summed E-state index contributed by atoms with van der Waals surface area (Å²) in [7, 11) is 0. The van der Waals surface area contributed by atoms with Crippen LogP contribution in [-0.2, 0) is 0 Å². The van der Waals surface area contributed by atoms with Crippen LogP contribution in [0.1, 0.15) is 49.4 Å². The molecule has 24 heavy (non-hydrogen) atoms. The largest absolute Gasteiger partial charge is 0.493 e. The molecule has 2 aromatic rings. The maximum atomic E-state index is 8.77. The van der Waals surface area contributed by atoms with Crippen LogP contribution in [0.5, 0.6) is 5.75 Å². The van der Waals surface area contributed by atoms with Crippen molar-refractivity contribution in [2.75, 3.05) is 18.2 Å². The molecule has 3 rings (SSSR count). The standard InChI is InChI=1S/C17H21N5OS/c18-12-13-6-8-15(9-7-13)23-10-11-24-17-21-20-16(22(17)19)14-4-2-1-3-5-14/h6-9,14H,1-5,10-11,19H2. The van der Waals surface area contributed by atoms with Crippen molar-refractivity contribution in [3.05, 3.63) is 35.7 Å². The highest BCUT2D eigenvalue weighted by molar-refractivity contribution is 7.99. The molecule has 1 fully saturated rings. The summed E-state index contributed by atoms with van der Waals surface area (Å²) in [5.74, 6) is 9.00. The molecular weight excluding hydrogens is 322 g/mol. The normalized spacial score (nSPS) is 15.1. The van der Waals surface area contributed by atoms with Gasteiger partial charge in [-0.3, -0.25) is 0 Å². The summed E-state index contributed by atoms with van der Waals surface area (Å²) >= 11 is 1.55. The van der Waals surface area contributed by atoms with Gasteiger partial charge in [0.25, 0.3) is 0 Å². The number of nitriles is 1. The molecule has 1 saturated carbocycles. The molecule has 126 valence electrons. The quantitative estimate of drug-likeness (QED) is 0.492. The lowest BCUT2D eigenvalue weighted by atomic mass is 9.89. The van der Waals surface area contributed by atoms with E-state index in [2.05, 4.69) is 16.3 Å². The van der Waals surface area contributed by atoms with Crippen LogP contribution in [0.4, 0.5) is 0 Å². The molecule has 2 N–H and O–H groups in total. The van der Waals surface area contributed by atoms with Gasteiger partial charge in [-0.1, -0.05) is 31.0 Å². The van der Waals surface area contributed by atoms with E-state index in [1.54, 1.807) is 40.7 Å². The van der Waals surface area contributed by atoms with Gasteiger partial charge in [-0.05, 0) is 37.1 Å². The number of hydrogen-bond donors (Lipinski definition) is 1. The average Bonchev–Trinajstić information content (AvgIpc) is 3.00. The smallest absolute Gasteiger partial charge is 0.209 e. The molecule has 7 heteroatoms. The van der Waals surface area contributed by atoms with E-state index in [0.717, 1.165) is 35.3 Å². The third-order valence-electron chi connectivity index (χ3n) is 4.23. The van der Waals surface area contributed by atoms with Crippen molar-refractivity contribution < 1.29 is 4.74 Å². The fourth-order valence-corrected chi connectivity index (χ4v) is 3.62. The maximum absolute atomic E-state index is 8.77. The number of ether oxygens (including phenoxy) is 1. The second-order valence-corrected chi connectivity index (χ2v) is 6.94. The van der Waals surface area contributed by atoms with Crippen molar-refractivity contribution in [1.82, 2.24) is 14.9 Å². The molecule has 0 radical (unpaired) electrons. The molecule has 1 aromatic carbocycles. The fraction of sp³-hybridized carbons (Fsp3) is 0.471. The minimum atomic E-state index is 0.445. The molecule has 0 spiro atoms. The van der Waals surface area contributed by atoms with E-state index in [-0.39, 0.29) is 0 Å². The Hall–Kier alpha value is -2.20. The van der Waals surface area contributed by atoms with Gasteiger partial charge in [-0.25, -0.2) is 4.68 Å². The molecule has 1 aromatic heterocycles. The van der Waals surface area contributed by atoms with Crippen molar-refractivity contribution in [3.8, 4) is 11.8 Å². The third-order valence-corrected chi connectivity index (χ3v) is 5.14. The van der Waals surface area contributed by atoms with Crippen molar-refractivity contribution in [3.63, 3.8) is 0 Å². The van der Waals surface area contributed by atoms with E-state index in [4.69, 9.17) is 15.8 Å². The number of nitrogen functional groups attached to an aromatic ring is 1. The van der Waals surface area contributed by atoms with E-state index in [9.17, 15) is 0 Å². The molecule has 0 atom stereocenters. The van der Waals surface area contributed by atoms with E-state index in [0.29, 0.717) is 18.1 Å². The second-order valence-electron chi connectivity index (χ2n) is 5.88. The molecule has 1 heterocycles. The summed E-state index contributed by atoms with van der Waals surface area (Å²) < 4.78 is 7.30. The summed E-state index contributed by atoms with van der Waals surface area (Å²) in [5, 5.41) is 18.0. The van der Waals surface area contributed by atoms with E-state index in [1.165, 1.54) is 19.3 Å². The van der Waals surface area contributed by atoms with Gasteiger partial charge in [0, 0.05) is 11.7 Å². The van der Waals surface area contributed by atoms with Crippen LogP contribution < -0.4 is 10.6 Å². The number of thioether (sulfide) groups is 1. The van der Waals surface area contributed by atoms with Crippen molar-refractivity contribution in [2.45, 2.75) is 43.2 Å². The lowest BCUT2D eigenvalue weighted by Gasteiger charge is -2.20. The summed E-state index contributed by atoms with van der Waals surface area (Å²) in [6.45, 7) is 0.544. The Bertz CT molecular complexity index is 701. The molecular formula is C17H21N5OS. The first-order chi connectivity index (χ1) is 11.8. The van der Waals surface area contributed by atoms with Gasteiger partial charge in [0.2, 0.25) is 5.16 Å². The van der Waals surface area contributed by atoms with Crippen LogP contribution in [0.2, 0.25) is 0 Å². The Morgan fingerprint density at radius 2 is 1.96 bits per heavy atom. The molecule has 0 bridgehead atoms. The van der Waals surface area contributed by atoms with Crippen LogP contribution in [0, 0.1) is 11.3 Å². The van der Waals surface area contributed by atoms with Gasteiger partial charge in [0.1, 0.15) is 5.75 Å². The van der Waals surface area contributed by atoms with Gasteiger partial charge in [-0.2, -0.15) is 5.26 Å². The molecule has 1 aliphatic carbocycles. The predicted molar refractivity (Wildman–Crippen MR) is 93.4 cm³/mol. The van der Waals surface area contributed by atoms with Gasteiger partial charge in [0.15, 0.2) is 5.82 Å². The van der Waals surface area contributed by atoms with E-state index < -0.39 is 0 Å². The Morgan fingerprint density at radius 3 is 2.67 bits per heavy atom. The zero-order chi connectivity index (χ0) is 16.8. The molecule has 0 aliphatic heterocycles. The number of hydrogen-bond acceptors (Lipinski definition) is 6. The van der Waals surface area contributed by atoms with E-state index in [1.807, 2.05) is 0 Å². The minimum Gasteiger partial charge on any atom is -0.493 e. The van der Waals surface area contributed by atoms with Crippen LogP contribution in [-0.4, -0.2) is 27.2 Å². The predicted octanol–water partition coefficient (Wildman–Crippen LogP) is 3.08. The summed E-state index contributed by atoms with van der Waals surface area (Å²) in [6.07, 6.45) is 6.12. The first-order valence-electron chi connectivity index (χ1n) is 8.24. The van der Waals surface area contributed by atoms with Crippen LogP contribution in [0.25, 0.3) is 0 Å². The SMILES string of the molecule is N#Cc1ccc(OCCSc2nnc(C3CCCCC3)n2N)cc1. The number of aromatic nitrogens is 3. The Kier molecular flexibility index (Phi) is 5.59. The van der Waals surface area contributed by atoms with Crippen LogP contribution >= 0.6 is 11.8 Å². The second kappa shape index (κ2) is 8.06. The maximum Gasteiger partial charge on any atom is 0.209 e. The summed E-state index contributed by atoms with van der Waals surface area (Å²) in [6, 6.07) is 9.18. The van der Waals surface area contributed by atoms with Crippen molar-refractivity contribution in [1.29, 1.82) is 5.26 Å². The van der Waals surface area contributed by atoms with Crippen LogP contribution in [0.3, 0.4) is 0 Å². The van der Waals surface area contributed by atoms with Gasteiger partial charge >= 0.3 is 0 Å². The molecule has 0 unspecified atom stereocenters. The minimum absolute atomic E-state index is 0.445. The zero-order valence-electron chi connectivity index (χ0n) is 13.5. The summed E-state index contributed by atoms with van der Waals surface area (Å²) in [4.78, 5) is 0. The topological polar surface area (TPSA) is 89.8 Å². The molecule has 0 amide bonds.